The molecule has 20 heavy (non-hydrogen) atoms. The average molecular weight is 277 g/mol. The molecule has 0 unspecified atom stereocenters. The summed E-state index contributed by atoms with van der Waals surface area (Å²) in [5, 5.41) is 1.14. The molecule has 0 atom stereocenters. The molecule has 0 bridgehead atoms. The Morgan fingerprint density at radius 3 is 2.75 bits per heavy atom. The van der Waals surface area contributed by atoms with Crippen LogP contribution in [0.25, 0.3) is 11.0 Å². The fourth-order valence-corrected chi connectivity index (χ4v) is 2.11. The molecule has 0 saturated heterocycles. The molecular formula is C14H19N3O3. The van der Waals surface area contributed by atoms with Gasteiger partial charge in [-0.3, -0.25) is 14.2 Å². The fourth-order valence-electron chi connectivity index (χ4n) is 2.11. The Morgan fingerprint density at radius 1 is 1.45 bits per heavy atom. The van der Waals surface area contributed by atoms with Gasteiger partial charge in [0.15, 0.2) is 0 Å². The van der Waals surface area contributed by atoms with E-state index in [1.54, 1.807) is 29.8 Å². The largest absolute Gasteiger partial charge is 0.326 e. The van der Waals surface area contributed by atoms with E-state index >= 15 is 0 Å². The summed E-state index contributed by atoms with van der Waals surface area (Å²) >= 11 is 0. The molecule has 6 nitrogen and oxygen atoms in total. The number of H-pyrrole nitrogens is 1. The van der Waals surface area contributed by atoms with Gasteiger partial charge in [0.05, 0.1) is 18.1 Å². The van der Waals surface area contributed by atoms with E-state index in [2.05, 4.69) is 18.8 Å². The zero-order valence-corrected chi connectivity index (χ0v) is 12.1. The fraction of sp³-hybridized carbons (Fsp3) is 0.429. The van der Waals surface area contributed by atoms with Crippen molar-refractivity contribution >= 4 is 16.9 Å². The number of fused-ring (bicyclic) bond motifs is 1. The summed E-state index contributed by atoms with van der Waals surface area (Å²) in [6, 6.07) is 5.15. The third-order valence-electron chi connectivity index (χ3n) is 3.13. The number of rotatable bonds is 4. The summed E-state index contributed by atoms with van der Waals surface area (Å²) < 4.78 is 1.69. The van der Waals surface area contributed by atoms with Gasteiger partial charge in [-0.2, -0.15) is 0 Å². The van der Waals surface area contributed by atoms with Crippen LogP contribution < -0.4 is 5.69 Å². The Bertz CT molecular complexity index is 685. The third-order valence-corrected chi connectivity index (χ3v) is 3.13. The smallest absolute Gasteiger partial charge is 0.306 e. The molecule has 1 N–H and O–H groups in total. The van der Waals surface area contributed by atoms with Crippen LogP contribution >= 0.6 is 0 Å². The first-order chi connectivity index (χ1) is 9.43. The molecule has 0 aliphatic rings. The van der Waals surface area contributed by atoms with E-state index in [0.29, 0.717) is 23.5 Å². The quantitative estimate of drug-likeness (QED) is 0.863. The highest BCUT2D eigenvalue weighted by molar-refractivity contribution is 5.96. The Kier molecular flexibility index (Phi) is 3.94. The Hall–Kier alpha value is -2.08. The second kappa shape index (κ2) is 5.50. The molecular weight excluding hydrogens is 258 g/mol. The third kappa shape index (κ3) is 2.60. The van der Waals surface area contributed by atoms with Gasteiger partial charge in [-0.1, -0.05) is 13.8 Å². The maximum Gasteiger partial charge on any atom is 0.326 e. The topological polar surface area (TPSA) is 67.3 Å². The van der Waals surface area contributed by atoms with Crippen molar-refractivity contribution < 1.29 is 9.63 Å². The predicted octanol–water partition coefficient (Wildman–Crippen LogP) is 1.62. The number of amides is 1. The lowest BCUT2D eigenvalue weighted by atomic mass is 10.1. The molecule has 108 valence electrons. The van der Waals surface area contributed by atoms with Crippen LogP contribution in [0.3, 0.4) is 0 Å². The van der Waals surface area contributed by atoms with Gasteiger partial charge in [-0.15, -0.1) is 0 Å². The number of hydrogen-bond acceptors (Lipinski definition) is 3. The van der Waals surface area contributed by atoms with Gasteiger partial charge in [0.1, 0.15) is 0 Å². The summed E-state index contributed by atoms with van der Waals surface area (Å²) in [7, 11) is 2.97. The highest BCUT2D eigenvalue weighted by Gasteiger charge is 2.14. The van der Waals surface area contributed by atoms with Crippen molar-refractivity contribution in [2.24, 2.45) is 5.92 Å². The van der Waals surface area contributed by atoms with Gasteiger partial charge >= 0.3 is 5.69 Å². The second-order valence-corrected chi connectivity index (χ2v) is 5.15. The summed E-state index contributed by atoms with van der Waals surface area (Å²) in [5.41, 5.74) is 1.78. The van der Waals surface area contributed by atoms with E-state index in [1.165, 1.54) is 7.11 Å². The summed E-state index contributed by atoms with van der Waals surface area (Å²) in [4.78, 5) is 31.6. The predicted molar refractivity (Wildman–Crippen MR) is 76.5 cm³/mol. The molecule has 1 amide bonds. The number of aromatic nitrogens is 2. The minimum Gasteiger partial charge on any atom is -0.306 e. The monoisotopic (exact) mass is 277 g/mol. The molecule has 0 saturated carbocycles. The van der Waals surface area contributed by atoms with Crippen LogP contribution in [0.4, 0.5) is 0 Å². The lowest BCUT2D eigenvalue weighted by molar-refractivity contribution is -0.0756. The maximum atomic E-state index is 12.0. The van der Waals surface area contributed by atoms with E-state index in [-0.39, 0.29) is 11.6 Å². The molecule has 2 rings (SSSR count). The van der Waals surface area contributed by atoms with Gasteiger partial charge in [-0.05, 0) is 24.1 Å². The molecule has 1 heterocycles. The number of aromatic amines is 1. The van der Waals surface area contributed by atoms with Crippen LogP contribution in [-0.2, 0) is 11.4 Å². The first-order valence-electron chi connectivity index (χ1n) is 6.48. The normalized spacial score (nSPS) is 11.2. The lowest BCUT2D eigenvalue weighted by Crippen LogP contribution is -2.25. The zero-order valence-electron chi connectivity index (χ0n) is 12.1. The number of carbonyl (C=O) groups is 1. The average Bonchev–Trinajstić information content (AvgIpc) is 2.72. The molecule has 0 aliphatic heterocycles. The number of hydrogen-bond donors (Lipinski definition) is 1. The van der Waals surface area contributed by atoms with E-state index in [4.69, 9.17) is 4.84 Å². The molecule has 2 aromatic rings. The van der Waals surface area contributed by atoms with Crippen molar-refractivity contribution in [1.29, 1.82) is 0 Å². The van der Waals surface area contributed by atoms with Crippen molar-refractivity contribution in [2.45, 2.75) is 20.4 Å². The maximum absolute atomic E-state index is 12.0. The lowest BCUT2D eigenvalue weighted by Gasteiger charge is -2.13. The van der Waals surface area contributed by atoms with Crippen LogP contribution in [-0.4, -0.2) is 34.7 Å². The van der Waals surface area contributed by atoms with Gasteiger partial charge in [0, 0.05) is 19.2 Å². The number of imidazole rings is 1. The zero-order chi connectivity index (χ0) is 14.9. The number of benzene rings is 1. The molecule has 0 aliphatic carbocycles. The van der Waals surface area contributed by atoms with E-state index < -0.39 is 0 Å². The van der Waals surface area contributed by atoms with Crippen molar-refractivity contribution in [1.82, 2.24) is 14.6 Å². The molecule has 0 spiro atoms. The molecule has 0 radical (unpaired) electrons. The van der Waals surface area contributed by atoms with Gasteiger partial charge in [0.25, 0.3) is 5.91 Å². The number of nitrogens with zero attached hydrogens (tertiary/aromatic N) is 2. The number of carbonyl (C=O) groups excluding carboxylic acids is 1. The standard InChI is InChI=1S/C14H19N3O3/c1-9(2)8-17-12-6-5-10(13(18)16(3)20-4)7-11(12)15-14(17)19/h5-7,9H,8H2,1-4H3,(H,15,19). The second-order valence-electron chi connectivity index (χ2n) is 5.15. The molecule has 1 aromatic heterocycles. The summed E-state index contributed by atoms with van der Waals surface area (Å²) in [6.07, 6.45) is 0. The van der Waals surface area contributed by atoms with Crippen LogP contribution in [0.5, 0.6) is 0 Å². The molecule has 6 heteroatoms. The number of nitrogens with one attached hydrogen (secondary N) is 1. The van der Waals surface area contributed by atoms with E-state index in [1.807, 2.05) is 0 Å². The van der Waals surface area contributed by atoms with Crippen molar-refractivity contribution in [2.75, 3.05) is 14.2 Å². The van der Waals surface area contributed by atoms with Gasteiger partial charge in [0.2, 0.25) is 0 Å². The minimum absolute atomic E-state index is 0.154. The van der Waals surface area contributed by atoms with Gasteiger partial charge in [-0.25, -0.2) is 9.86 Å². The van der Waals surface area contributed by atoms with E-state index in [9.17, 15) is 9.59 Å². The first-order valence-corrected chi connectivity index (χ1v) is 6.48. The Balaban J connectivity index is 2.47. The van der Waals surface area contributed by atoms with E-state index in [0.717, 1.165) is 10.6 Å². The van der Waals surface area contributed by atoms with Crippen LogP contribution in [0.2, 0.25) is 0 Å². The van der Waals surface area contributed by atoms with Crippen LogP contribution in [0.1, 0.15) is 24.2 Å². The first kappa shape index (κ1) is 14.3. The SMILES string of the molecule is CON(C)C(=O)c1ccc2c(c1)[nH]c(=O)n2CC(C)C. The van der Waals surface area contributed by atoms with Crippen molar-refractivity contribution in [3.63, 3.8) is 0 Å². The molecule has 0 fully saturated rings. The van der Waals surface area contributed by atoms with Crippen LogP contribution in [0, 0.1) is 5.92 Å². The highest BCUT2D eigenvalue weighted by atomic mass is 16.7. The van der Waals surface area contributed by atoms with Gasteiger partial charge < -0.3 is 4.98 Å². The van der Waals surface area contributed by atoms with Crippen LogP contribution in [0.15, 0.2) is 23.0 Å². The summed E-state index contributed by atoms with van der Waals surface area (Å²) in [5.74, 6) is 0.111. The van der Waals surface area contributed by atoms with Crippen molar-refractivity contribution in [3.8, 4) is 0 Å². The number of hydroxylamine groups is 2. The molecule has 1 aromatic carbocycles. The van der Waals surface area contributed by atoms with Crippen molar-refractivity contribution in [3.05, 3.63) is 34.2 Å². The Morgan fingerprint density at radius 2 is 2.15 bits per heavy atom. The Labute approximate surface area is 116 Å². The summed E-state index contributed by atoms with van der Waals surface area (Å²) in [6.45, 7) is 4.75. The highest BCUT2D eigenvalue weighted by Crippen LogP contribution is 2.15. The minimum atomic E-state index is -0.258.